The number of benzene rings is 2. The van der Waals surface area contributed by atoms with Crippen LogP contribution in [0.2, 0.25) is 0 Å². The maximum atomic E-state index is 12.6. The number of nitrogens with one attached hydrogen (secondary N) is 1. The van der Waals surface area contributed by atoms with Crippen molar-refractivity contribution in [3.05, 3.63) is 48.0 Å². The van der Waals surface area contributed by atoms with Gasteiger partial charge in [0.1, 0.15) is 16.4 Å². The van der Waals surface area contributed by atoms with Crippen LogP contribution < -0.4 is 19.3 Å². The fourth-order valence-corrected chi connectivity index (χ4v) is 3.31. The molecule has 0 aliphatic heterocycles. The Morgan fingerprint density at radius 2 is 1.75 bits per heavy atom. The lowest BCUT2D eigenvalue weighted by atomic mass is 10.1. The zero-order valence-electron chi connectivity index (χ0n) is 13.1. The summed E-state index contributed by atoms with van der Waals surface area (Å²) in [5.41, 5.74) is 0.805. The van der Waals surface area contributed by atoms with E-state index in [1.807, 2.05) is 0 Å². The molecule has 0 bridgehead atoms. The van der Waals surface area contributed by atoms with E-state index in [-0.39, 0.29) is 17.1 Å². The van der Waals surface area contributed by atoms with Gasteiger partial charge in [-0.15, -0.1) is 0 Å². The largest absolute Gasteiger partial charge is 0.550 e. The quantitative estimate of drug-likeness (QED) is 0.792. The molecule has 0 saturated carbocycles. The second-order valence-electron chi connectivity index (χ2n) is 4.87. The van der Waals surface area contributed by atoms with Gasteiger partial charge in [-0.1, -0.05) is 12.1 Å². The second-order valence-corrected chi connectivity index (χ2v) is 6.52. The summed E-state index contributed by atoms with van der Waals surface area (Å²) in [4.78, 5) is 10.5. The number of carbonyl (C=O) groups is 1. The Kier molecular flexibility index (Phi) is 5.30. The highest BCUT2D eigenvalue weighted by Gasteiger charge is 2.20. The molecule has 2 rings (SSSR count). The van der Waals surface area contributed by atoms with Gasteiger partial charge in [0.25, 0.3) is 10.0 Å². The lowest BCUT2D eigenvalue weighted by Gasteiger charge is -2.13. The van der Waals surface area contributed by atoms with Crippen molar-refractivity contribution in [1.29, 1.82) is 0 Å². The summed E-state index contributed by atoms with van der Waals surface area (Å²) in [5.74, 6) is -0.651. The van der Waals surface area contributed by atoms with Crippen LogP contribution in [0.25, 0.3) is 0 Å². The van der Waals surface area contributed by atoms with Crippen molar-refractivity contribution in [3.63, 3.8) is 0 Å². The van der Waals surface area contributed by atoms with Gasteiger partial charge in [0.2, 0.25) is 0 Å². The average molecular weight is 350 g/mol. The Morgan fingerprint density at radius 3 is 2.29 bits per heavy atom. The molecule has 1 N–H and O–H groups in total. The molecule has 0 fully saturated rings. The van der Waals surface area contributed by atoms with Crippen LogP contribution in [0.15, 0.2) is 47.4 Å². The Bertz CT molecular complexity index is 830. The van der Waals surface area contributed by atoms with Crippen LogP contribution in [0.1, 0.15) is 5.56 Å². The Balaban J connectivity index is 2.29. The fraction of sp³-hybridized carbons (Fsp3) is 0.188. The number of carboxylic acids is 1. The molecule has 0 radical (unpaired) electrons. The second kappa shape index (κ2) is 7.22. The highest BCUT2D eigenvalue weighted by Crippen LogP contribution is 2.29. The van der Waals surface area contributed by atoms with Crippen LogP contribution in [0, 0.1) is 0 Å². The molecule has 128 valence electrons. The number of sulfonamides is 1. The summed E-state index contributed by atoms with van der Waals surface area (Å²) in [6.45, 7) is 0. The number of ether oxygens (including phenoxy) is 2. The SMILES string of the molecule is COc1ccc(OC)c(S(=O)(=O)Nc2ccc(CC(=O)[O-])cc2)c1. The maximum absolute atomic E-state index is 12.6. The Hall–Kier alpha value is -2.74. The summed E-state index contributed by atoms with van der Waals surface area (Å²) >= 11 is 0. The summed E-state index contributed by atoms with van der Waals surface area (Å²) < 4.78 is 37.7. The molecular weight excluding hydrogens is 334 g/mol. The van der Waals surface area contributed by atoms with Gasteiger partial charge in [-0.25, -0.2) is 8.42 Å². The highest BCUT2D eigenvalue weighted by molar-refractivity contribution is 7.92. The minimum absolute atomic E-state index is 0.0665. The van der Waals surface area contributed by atoms with Crippen LogP contribution in [0.5, 0.6) is 11.5 Å². The van der Waals surface area contributed by atoms with E-state index in [1.165, 1.54) is 50.6 Å². The first-order chi connectivity index (χ1) is 11.4. The van der Waals surface area contributed by atoms with E-state index in [1.54, 1.807) is 6.07 Å². The van der Waals surface area contributed by atoms with Gasteiger partial charge in [0.15, 0.2) is 0 Å². The van der Waals surface area contributed by atoms with E-state index in [4.69, 9.17) is 9.47 Å². The molecule has 0 saturated heterocycles. The number of carboxylic acid groups (broad SMARTS) is 1. The molecule has 2 aromatic rings. The third kappa shape index (κ3) is 4.17. The van der Waals surface area contributed by atoms with Crippen LogP contribution in [-0.4, -0.2) is 28.6 Å². The van der Waals surface area contributed by atoms with Crippen molar-refractivity contribution in [3.8, 4) is 11.5 Å². The van der Waals surface area contributed by atoms with E-state index < -0.39 is 16.0 Å². The fourth-order valence-electron chi connectivity index (χ4n) is 2.06. The molecule has 0 amide bonds. The summed E-state index contributed by atoms with van der Waals surface area (Å²) in [6.07, 6.45) is -0.239. The molecule has 0 atom stereocenters. The van der Waals surface area contributed by atoms with Crippen molar-refractivity contribution in [2.45, 2.75) is 11.3 Å². The molecule has 0 spiro atoms. The number of rotatable bonds is 7. The van der Waals surface area contributed by atoms with Gasteiger partial charge in [0, 0.05) is 24.1 Å². The smallest absolute Gasteiger partial charge is 0.265 e. The van der Waals surface area contributed by atoms with Crippen molar-refractivity contribution in [1.82, 2.24) is 0 Å². The molecule has 8 heteroatoms. The number of hydrogen-bond donors (Lipinski definition) is 1. The number of aliphatic carboxylic acids is 1. The van der Waals surface area contributed by atoms with Gasteiger partial charge in [-0.05, 0) is 29.8 Å². The lowest BCUT2D eigenvalue weighted by Crippen LogP contribution is -2.24. The normalized spacial score (nSPS) is 10.9. The molecule has 0 heterocycles. The van der Waals surface area contributed by atoms with Crippen molar-refractivity contribution in [2.24, 2.45) is 0 Å². The minimum atomic E-state index is -3.91. The zero-order valence-corrected chi connectivity index (χ0v) is 13.9. The monoisotopic (exact) mass is 350 g/mol. The van der Waals surface area contributed by atoms with E-state index in [2.05, 4.69) is 4.72 Å². The number of anilines is 1. The molecule has 0 aliphatic rings. The lowest BCUT2D eigenvalue weighted by molar-refractivity contribution is -0.304. The molecule has 24 heavy (non-hydrogen) atoms. The van der Waals surface area contributed by atoms with E-state index in [9.17, 15) is 18.3 Å². The van der Waals surface area contributed by atoms with Crippen LogP contribution in [-0.2, 0) is 21.2 Å². The summed E-state index contributed by atoms with van der Waals surface area (Å²) in [7, 11) is -1.11. The maximum Gasteiger partial charge on any atom is 0.265 e. The van der Waals surface area contributed by atoms with Crippen LogP contribution in [0.4, 0.5) is 5.69 Å². The first kappa shape index (κ1) is 17.6. The minimum Gasteiger partial charge on any atom is -0.550 e. The Labute approximate surface area is 139 Å². The van der Waals surface area contributed by atoms with Crippen molar-refractivity contribution in [2.75, 3.05) is 18.9 Å². The summed E-state index contributed by atoms with van der Waals surface area (Å²) in [6, 6.07) is 10.4. The topological polar surface area (TPSA) is 105 Å². The van der Waals surface area contributed by atoms with Gasteiger partial charge in [0.05, 0.1) is 14.2 Å². The van der Waals surface area contributed by atoms with E-state index in [0.717, 1.165) is 0 Å². The molecule has 2 aromatic carbocycles. The standard InChI is InChI=1S/C16H17NO6S/c1-22-13-7-8-14(23-2)15(10-13)24(20,21)17-12-5-3-11(4-6-12)9-16(18)19/h3-8,10,17H,9H2,1-2H3,(H,18,19)/p-1. The van der Waals surface area contributed by atoms with Gasteiger partial charge in [-0.2, -0.15) is 0 Å². The highest BCUT2D eigenvalue weighted by atomic mass is 32.2. The van der Waals surface area contributed by atoms with Gasteiger partial charge < -0.3 is 19.4 Å². The van der Waals surface area contributed by atoms with Gasteiger partial charge >= 0.3 is 0 Å². The van der Waals surface area contributed by atoms with E-state index in [0.29, 0.717) is 17.0 Å². The predicted octanol–water partition coefficient (Wildman–Crippen LogP) is 0.797. The first-order valence-corrected chi connectivity index (χ1v) is 8.37. The third-order valence-corrected chi connectivity index (χ3v) is 4.62. The average Bonchev–Trinajstić information content (AvgIpc) is 2.55. The Morgan fingerprint density at radius 1 is 1.08 bits per heavy atom. The number of methoxy groups -OCH3 is 2. The molecule has 0 aromatic heterocycles. The van der Waals surface area contributed by atoms with Gasteiger partial charge in [-0.3, -0.25) is 4.72 Å². The van der Waals surface area contributed by atoms with Crippen molar-refractivity contribution >= 4 is 21.7 Å². The third-order valence-electron chi connectivity index (χ3n) is 3.21. The van der Waals surface area contributed by atoms with Crippen LogP contribution in [0.3, 0.4) is 0 Å². The molecular formula is C16H16NO6S-. The first-order valence-electron chi connectivity index (χ1n) is 6.89. The molecule has 7 nitrogen and oxygen atoms in total. The zero-order chi connectivity index (χ0) is 17.7. The number of carbonyl (C=O) groups excluding carboxylic acids is 1. The molecule has 0 unspecified atom stereocenters. The van der Waals surface area contributed by atoms with E-state index >= 15 is 0 Å². The summed E-state index contributed by atoms with van der Waals surface area (Å²) in [5, 5.41) is 10.6. The van der Waals surface area contributed by atoms with Crippen LogP contribution >= 0.6 is 0 Å². The number of hydrogen-bond acceptors (Lipinski definition) is 6. The van der Waals surface area contributed by atoms with Crippen molar-refractivity contribution < 1.29 is 27.8 Å². The predicted molar refractivity (Wildman–Crippen MR) is 85.5 cm³/mol. The molecule has 0 aliphatic carbocycles.